The fourth-order valence-corrected chi connectivity index (χ4v) is 2.33. The maximum Gasteiger partial charge on any atom is 0.335 e. The molecule has 0 radical (unpaired) electrons. The number of hydrogen-bond donors (Lipinski definition) is 1. The quantitative estimate of drug-likeness (QED) is 0.901. The zero-order valence-electron chi connectivity index (χ0n) is 9.25. The van der Waals surface area contributed by atoms with Crippen LogP contribution in [0.15, 0.2) is 52.5 Å². The van der Waals surface area contributed by atoms with E-state index in [1.807, 2.05) is 31.2 Å². The van der Waals surface area contributed by atoms with Gasteiger partial charge in [0.15, 0.2) is 0 Å². The van der Waals surface area contributed by atoms with E-state index in [0.29, 0.717) is 5.03 Å². The highest BCUT2D eigenvalue weighted by molar-refractivity contribution is 7.99. The number of benzene rings is 1. The molecule has 0 spiro atoms. The number of carbonyl (C=O) groups is 1. The van der Waals surface area contributed by atoms with E-state index in [1.54, 1.807) is 6.07 Å². The van der Waals surface area contributed by atoms with Crippen LogP contribution in [0.2, 0.25) is 0 Å². The lowest BCUT2D eigenvalue weighted by Crippen LogP contribution is -1.96. The Labute approximate surface area is 104 Å². The van der Waals surface area contributed by atoms with Crippen LogP contribution in [0.25, 0.3) is 0 Å². The van der Waals surface area contributed by atoms with Crippen molar-refractivity contribution in [2.24, 2.45) is 0 Å². The summed E-state index contributed by atoms with van der Waals surface area (Å²) < 4.78 is 0. The molecule has 0 aliphatic heterocycles. The van der Waals surface area contributed by atoms with E-state index >= 15 is 0 Å². The molecule has 86 valence electrons. The van der Waals surface area contributed by atoms with Crippen molar-refractivity contribution in [3.63, 3.8) is 0 Å². The van der Waals surface area contributed by atoms with Crippen molar-refractivity contribution in [1.29, 1.82) is 0 Å². The summed E-state index contributed by atoms with van der Waals surface area (Å²) in [5.74, 6) is -0.932. The van der Waals surface area contributed by atoms with Gasteiger partial charge in [-0.2, -0.15) is 0 Å². The van der Waals surface area contributed by atoms with Crippen molar-refractivity contribution in [2.75, 3.05) is 0 Å². The average molecular weight is 245 g/mol. The summed E-state index contributed by atoms with van der Waals surface area (Å²) >= 11 is 1.46. The molecular formula is C13H11NO2S. The van der Waals surface area contributed by atoms with Crippen LogP contribution >= 0.6 is 11.8 Å². The van der Waals surface area contributed by atoms with Crippen molar-refractivity contribution in [1.82, 2.24) is 4.98 Å². The van der Waals surface area contributed by atoms with E-state index in [4.69, 9.17) is 5.11 Å². The molecule has 0 amide bonds. The molecule has 4 heteroatoms. The molecule has 2 rings (SSSR count). The summed E-state index contributed by atoms with van der Waals surface area (Å²) in [4.78, 5) is 16.0. The summed E-state index contributed by atoms with van der Waals surface area (Å²) in [5, 5.41) is 9.57. The number of hydrogen-bond acceptors (Lipinski definition) is 3. The molecule has 3 nitrogen and oxygen atoms in total. The van der Waals surface area contributed by atoms with E-state index in [-0.39, 0.29) is 5.56 Å². The van der Waals surface area contributed by atoms with Gasteiger partial charge in [-0.05, 0) is 31.2 Å². The van der Waals surface area contributed by atoms with Gasteiger partial charge in [0.05, 0.1) is 5.56 Å². The molecule has 0 saturated carbocycles. The third-order valence-electron chi connectivity index (χ3n) is 2.19. The molecule has 0 bridgehead atoms. The van der Waals surface area contributed by atoms with Gasteiger partial charge in [-0.1, -0.05) is 29.5 Å². The molecule has 0 unspecified atom stereocenters. The normalized spacial score (nSPS) is 10.2. The number of rotatable bonds is 3. The van der Waals surface area contributed by atoms with Gasteiger partial charge < -0.3 is 5.11 Å². The number of aromatic nitrogens is 1. The van der Waals surface area contributed by atoms with Crippen LogP contribution in [-0.2, 0) is 0 Å². The van der Waals surface area contributed by atoms with Crippen molar-refractivity contribution >= 4 is 17.7 Å². The molecule has 2 aromatic rings. The second-order valence-electron chi connectivity index (χ2n) is 3.61. The van der Waals surface area contributed by atoms with Crippen molar-refractivity contribution in [3.8, 4) is 0 Å². The van der Waals surface area contributed by atoms with Gasteiger partial charge >= 0.3 is 5.97 Å². The van der Waals surface area contributed by atoms with Crippen LogP contribution in [0.3, 0.4) is 0 Å². The van der Waals surface area contributed by atoms with Gasteiger partial charge in [-0.25, -0.2) is 9.78 Å². The third-order valence-corrected chi connectivity index (χ3v) is 3.12. The minimum absolute atomic E-state index is 0.259. The first-order valence-electron chi connectivity index (χ1n) is 5.09. The van der Waals surface area contributed by atoms with Crippen LogP contribution in [0.5, 0.6) is 0 Å². The van der Waals surface area contributed by atoms with Crippen LogP contribution in [-0.4, -0.2) is 16.1 Å². The zero-order valence-corrected chi connectivity index (χ0v) is 10.1. The lowest BCUT2D eigenvalue weighted by atomic mass is 10.2. The third kappa shape index (κ3) is 3.07. The second kappa shape index (κ2) is 5.01. The minimum Gasteiger partial charge on any atom is -0.478 e. The monoisotopic (exact) mass is 245 g/mol. The lowest BCUT2D eigenvalue weighted by molar-refractivity contribution is 0.0696. The molecule has 0 atom stereocenters. The van der Waals surface area contributed by atoms with Crippen LogP contribution in [0, 0.1) is 6.92 Å². The number of nitrogens with zero attached hydrogens (tertiary/aromatic N) is 1. The van der Waals surface area contributed by atoms with Crippen molar-refractivity contribution in [2.45, 2.75) is 16.8 Å². The van der Waals surface area contributed by atoms with Gasteiger partial charge in [0, 0.05) is 11.1 Å². The Hall–Kier alpha value is -1.81. The maximum absolute atomic E-state index is 10.8. The Bertz CT molecular complexity index is 555. The van der Waals surface area contributed by atoms with Crippen molar-refractivity contribution < 1.29 is 9.90 Å². The Morgan fingerprint density at radius 1 is 1.29 bits per heavy atom. The van der Waals surface area contributed by atoms with Crippen molar-refractivity contribution in [3.05, 3.63) is 53.7 Å². The number of carboxylic acid groups (broad SMARTS) is 1. The average Bonchev–Trinajstić information content (AvgIpc) is 2.29. The van der Waals surface area contributed by atoms with E-state index < -0.39 is 5.97 Å². The Kier molecular flexibility index (Phi) is 3.44. The van der Waals surface area contributed by atoms with Crippen LogP contribution in [0.4, 0.5) is 0 Å². The van der Waals surface area contributed by atoms with E-state index in [9.17, 15) is 4.79 Å². The molecule has 1 N–H and O–H groups in total. The first-order valence-corrected chi connectivity index (χ1v) is 5.91. The molecule has 0 aliphatic carbocycles. The molecule has 1 aromatic heterocycles. The van der Waals surface area contributed by atoms with Gasteiger partial charge in [0.2, 0.25) is 0 Å². The molecule has 1 heterocycles. The minimum atomic E-state index is -0.932. The van der Waals surface area contributed by atoms with Gasteiger partial charge in [0.1, 0.15) is 5.03 Å². The maximum atomic E-state index is 10.8. The fraction of sp³-hybridized carbons (Fsp3) is 0.0769. The summed E-state index contributed by atoms with van der Waals surface area (Å²) in [6.07, 6.45) is 1.52. The summed E-state index contributed by atoms with van der Waals surface area (Å²) in [5.41, 5.74) is 1.43. The first kappa shape index (κ1) is 11.7. The highest BCUT2D eigenvalue weighted by atomic mass is 32.2. The van der Waals surface area contributed by atoms with Crippen LogP contribution in [0.1, 0.15) is 15.9 Å². The van der Waals surface area contributed by atoms with E-state index in [2.05, 4.69) is 4.98 Å². The molecular weight excluding hydrogens is 234 g/mol. The SMILES string of the molecule is Cc1cccc(Sc2cc(C(=O)O)ccn2)c1. The largest absolute Gasteiger partial charge is 0.478 e. The lowest BCUT2D eigenvalue weighted by Gasteiger charge is -2.02. The Morgan fingerprint density at radius 3 is 2.82 bits per heavy atom. The van der Waals surface area contributed by atoms with Gasteiger partial charge in [0.25, 0.3) is 0 Å². The summed E-state index contributed by atoms with van der Waals surface area (Å²) in [6, 6.07) is 11.1. The number of pyridine rings is 1. The number of aromatic carboxylic acids is 1. The van der Waals surface area contributed by atoms with E-state index in [1.165, 1.54) is 29.6 Å². The summed E-state index contributed by atoms with van der Waals surface area (Å²) in [6.45, 7) is 2.02. The van der Waals surface area contributed by atoms with Crippen LogP contribution < -0.4 is 0 Å². The highest BCUT2D eigenvalue weighted by Crippen LogP contribution is 2.26. The molecule has 0 saturated heterocycles. The van der Waals surface area contributed by atoms with E-state index in [0.717, 1.165) is 4.90 Å². The second-order valence-corrected chi connectivity index (χ2v) is 4.70. The molecule has 0 fully saturated rings. The smallest absolute Gasteiger partial charge is 0.335 e. The standard InChI is InChI=1S/C13H11NO2S/c1-9-3-2-4-11(7-9)17-12-8-10(13(15)16)5-6-14-12/h2-8H,1H3,(H,15,16). The topological polar surface area (TPSA) is 50.2 Å². The fourth-order valence-electron chi connectivity index (χ4n) is 1.40. The number of carboxylic acids is 1. The Morgan fingerprint density at radius 2 is 2.12 bits per heavy atom. The highest BCUT2D eigenvalue weighted by Gasteiger charge is 2.05. The van der Waals surface area contributed by atoms with Gasteiger partial charge in [-0.15, -0.1) is 0 Å². The predicted molar refractivity (Wildman–Crippen MR) is 66.5 cm³/mol. The predicted octanol–water partition coefficient (Wildman–Crippen LogP) is 3.24. The zero-order chi connectivity index (χ0) is 12.3. The first-order chi connectivity index (χ1) is 8.15. The Balaban J connectivity index is 2.24. The molecule has 0 aliphatic rings. The van der Waals surface area contributed by atoms with Gasteiger partial charge in [-0.3, -0.25) is 0 Å². The summed E-state index contributed by atoms with van der Waals surface area (Å²) in [7, 11) is 0. The number of aryl methyl sites for hydroxylation is 1. The molecule has 17 heavy (non-hydrogen) atoms. The molecule has 1 aromatic carbocycles.